The average Bonchev–Trinajstić information content (AvgIpc) is 3.08. The zero-order valence-corrected chi connectivity index (χ0v) is 34.7. The molecule has 0 saturated heterocycles. The number of Topliss-reactive ketones (excluding diaryl/α,β-unsaturated/α-hetero) is 1. The fraction of sp³-hybridized carbons (Fsp3) is 0.314. The van der Waals surface area contributed by atoms with Crippen molar-refractivity contribution in [3.8, 4) is 0 Å². The molecular weight excluding hydrogens is 629 g/mol. The summed E-state index contributed by atoms with van der Waals surface area (Å²) in [4.78, 5) is 10.6. The lowest BCUT2D eigenvalue weighted by molar-refractivity contribution is 0.101. The maximum Gasteiger partial charge on any atom is 0.159 e. The Kier molecular flexibility index (Phi) is 19.4. The summed E-state index contributed by atoms with van der Waals surface area (Å²) in [7, 11) is 0. The maximum atomic E-state index is 10.6. The normalized spacial score (nSPS) is 10.8. The van der Waals surface area contributed by atoms with Crippen LogP contribution in [0.25, 0.3) is 21.5 Å². The topological polar surface area (TPSA) is 17.1 Å². The molecule has 0 heterocycles. The van der Waals surface area contributed by atoms with E-state index in [1.165, 1.54) is 49.4 Å². The van der Waals surface area contributed by atoms with E-state index >= 15 is 0 Å². The number of allylic oxidation sites excluding steroid dienone is 6. The van der Waals surface area contributed by atoms with Gasteiger partial charge in [-0.1, -0.05) is 206 Å². The summed E-state index contributed by atoms with van der Waals surface area (Å²) in [5.41, 5.74) is 9.05. The van der Waals surface area contributed by atoms with Crippen molar-refractivity contribution in [3.05, 3.63) is 180 Å². The minimum Gasteiger partial charge on any atom is -0.295 e. The molecule has 0 amide bonds. The Labute approximate surface area is 317 Å². The highest BCUT2D eigenvalue weighted by atomic mass is 16.1. The van der Waals surface area contributed by atoms with Crippen molar-refractivity contribution in [3.63, 3.8) is 0 Å². The number of hydrogen-bond donors (Lipinski definition) is 0. The number of carbonyl (C=O) groups excluding carboxylic acids is 1. The summed E-state index contributed by atoms with van der Waals surface area (Å²) in [6.07, 6.45) is 5.39. The highest BCUT2D eigenvalue weighted by Gasteiger charge is 2.17. The molecule has 0 fully saturated rings. The molecule has 0 spiro atoms. The molecule has 5 aromatic carbocycles. The minimum absolute atomic E-state index is 0.121. The average molecular weight is 695 g/mol. The lowest BCUT2D eigenvalue weighted by Crippen LogP contribution is -2.11. The Morgan fingerprint density at radius 1 is 0.577 bits per heavy atom. The van der Waals surface area contributed by atoms with E-state index in [-0.39, 0.29) is 16.6 Å². The van der Waals surface area contributed by atoms with Crippen LogP contribution >= 0.6 is 0 Å². The van der Waals surface area contributed by atoms with Crippen LogP contribution in [-0.4, -0.2) is 5.78 Å². The molecule has 0 radical (unpaired) electrons. The summed E-state index contributed by atoms with van der Waals surface area (Å²) >= 11 is 0. The van der Waals surface area contributed by atoms with Crippen LogP contribution in [-0.2, 0) is 6.42 Å². The van der Waals surface area contributed by atoms with Crippen LogP contribution in [0.15, 0.2) is 163 Å². The molecule has 0 saturated carbocycles. The summed E-state index contributed by atoms with van der Waals surface area (Å²) in [6.45, 7) is 35.3. The highest BCUT2D eigenvalue weighted by molar-refractivity contribution is 5.93. The van der Waals surface area contributed by atoms with Crippen molar-refractivity contribution in [1.29, 1.82) is 0 Å². The van der Waals surface area contributed by atoms with E-state index in [4.69, 9.17) is 0 Å². The van der Waals surface area contributed by atoms with E-state index in [2.05, 4.69) is 186 Å². The molecule has 5 aromatic rings. The molecule has 1 heteroatoms. The van der Waals surface area contributed by atoms with E-state index in [1.54, 1.807) is 6.92 Å². The largest absolute Gasteiger partial charge is 0.295 e. The van der Waals surface area contributed by atoms with E-state index < -0.39 is 0 Å². The maximum absolute atomic E-state index is 10.6. The van der Waals surface area contributed by atoms with Gasteiger partial charge in [0.05, 0.1) is 0 Å². The molecule has 1 nitrogen and oxygen atoms in total. The van der Waals surface area contributed by atoms with Crippen molar-refractivity contribution < 1.29 is 4.79 Å². The van der Waals surface area contributed by atoms with Crippen LogP contribution in [0.3, 0.4) is 0 Å². The second-order valence-electron chi connectivity index (χ2n) is 15.6. The Bertz CT molecular complexity index is 1900. The SMILES string of the molecule is C=C(/C=C(\C)C(C)(C)C)C(C)(C)C.C=C(C)C=C(C)C.CC(=O)c1ccccc1.CCc1cccc2ccccc12.Cc1cccc2ccccc12. The van der Waals surface area contributed by atoms with Gasteiger partial charge >= 0.3 is 0 Å². The number of aryl methyl sites for hydroxylation is 2. The highest BCUT2D eigenvalue weighted by Crippen LogP contribution is 2.31. The number of carbonyl (C=O) groups is 1. The van der Waals surface area contributed by atoms with Crippen molar-refractivity contribution in [2.75, 3.05) is 0 Å². The summed E-state index contributed by atoms with van der Waals surface area (Å²) < 4.78 is 0. The first-order valence-corrected chi connectivity index (χ1v) is 18.4. The molecule has 0 aliphatic rings. The Hall–Kier alpha value is -4.75. The number of ketones is 1. The van der Waals surface area contributed by atoms with Gasteiger partial charge in [-0.3, -0.25) is 4.79 Å². The molecular formula is C51H66O. The van der Waals surface area contributed by atoms with Gasteiger partial charge in [-0.2, -0.15) is 0 Å². The zero-order valence-electron chi connectivity index (χ0n) is 34.7. The van der Waals surface area contributed by atoms with E-state index in [1.807, 2.05) is 37.3 Å². The first-order valence-electron chi connectivity index (χ1n) is 18.4. The molecule has 0 aliphatic carbocycles. The van der Waals surface area contributed by atoms with Gasteiger partial charge in [0.25, 0.3) is 0 Å². The van der Waals surface area contributed by atoms with Gasteiger partial charge in [0.2, 0.25) is 0 Å². The first kappa shape index (κ1) is 45.3. The number of fused-ring (bicyclic) bond motifs is 2. The Morgan fingerprint density at radius 3 is 1.44 bits per heavy atom. The van der Waals surface area contributed by atoms with Gasteiger partial charge < -0.3 is 0 Å². The number of benzene rings is 5. The van der Waals surface area contributed by atoms with Crippen molar-refractivity contribution >= 4 is 27.3 Å². The third-order valence-electron chi connectivity index (χ3n) is 8.52. The van der Waals surface area contributed by atoms with Gasteiger partial charge in [-0.05, 0) is 97.0 Å². The lowest BCUT2D eigenvalue weighted by Gasteiger charge is -2.24. The van der Waals surface area contributed by atoms with Crippen LogP contribution in [0.1, 0.15) is 105 Å². The third kappa shape index (κ3) is 17.5. The first-order chi connectivity index (χ1) is 24.3. The van der Waals surface area contributed by atoms with E-state index in [9.17, 15) is 4.79 Å². The van der Waals surface area contributed by atoms with Gasteiger partial charge in [-0.25, -0.2) is 0 Å². The van der Waals surface area contributed by atoms with Crippen LogP contribution in [0.4, 0.5) is 0 Å². The standard InChI is InChI=1S/C13H24.C12H12.C11H10.C8H8O.C7H12/c1-10(12(3,4)5)9-11(2)13(6,7)8;1-2-10-7-5-8-11-6-3-4-9-12(10)11;1-9-5-4-7-10-6-2-3-8-11(9)10;1-7(9)8-5-3-2-4-6-8;1-6(2)5-7(3)4/h9H,1H2,2-8H3;3-9H,2H2,1H3;2-8H,1H3;2-6H,1H3;5H,1H2,2-4H3/b11-9+;;;;. The van der Waals surface area contributed by atoms with Crippen LogP contribution in [0, 0.1) is 17.8 Å². The molecule has 0 bridgehead atoms. The van der Waals surface area contributed by atoms with Crippen molar-refractivity contribution in [1.82, 2.24) is 0 Å². The summed E-state index contributed by atoms with van der Waals surface area (Å²) in [5, 5.41) is 5.42. The Balaban J connectivity index is 0.000000330. The second kappa shape index (κ2) is 22.2. The monoisotopic (exact) mass is 695 g/mol. The number of rotatable bonds is 4. The fourth-order valence-electron chi connectivity index (χ4n) is 4.85. The second-order valence-corrected chi connectivity index (χ2v) is 15.6. The smallest absolute Gasteiger partial charge is 0.159 e. The number of hydrogen-bond acceptors (Lipinski definition) is 1. The molecule has 0 unspecified atom stereocenters. The van der Waals surface area contributed by atoms with Crippen LogP contribution in [0.5, 0.6) is 0 Å². The minimum atomic E-state index is 0.121. The van der Waals surface area contributed by atoms with Crippen molar-refractivity contribution in [2.45, 2.75) is 96.4 Å². The van der Waals surface area contributed by atoms with Crippen molar-refractivity contribution in [2.24, 2.45) is 10.8 Å². The fourth-order valence-corrected chi connectivity index (χ4v) is 4.85. The van der Waals surface area contributed by atoms with E-state index in [0.29, 0.717) is 0 Å². The summed E-state index contributed by atoms with van der Waals surface area (Å²) in [6, 6.07) is 39.1. The van der Waals surface area contributed by atoms with Gasteiger partial charge in [0.1, 0.15) is 0 Å². The summed E-state index contributed by atoms with van der Waals surface area (Å²) in [5.74, 6) is 0.121. The molecule has 5 rings (SSSR count). The molecule has 0 N–H and O–H groups in total. The molecule has 52 heavy (non-hydrogen) atoms. The molecule has 0 aliphatic heterocycles. The van der Waals surface area contributed by atoms with E-state index in [0.717, 1.165) is 17.6 Å². The predicted molar refractivity (Wildman–Crippen MR) is 235 cm³/mol. The molecule has 0 aromatic heterocycles. The van der Waals surface area contributed by atoms with Crippen LogP contribution in [0.2, 0.25) is 0 Å². The predicted octanol–water partition coefficient (Wildman–Crippen LogP) is 15.5. The Morgan fingerprint density at radius 2 is 1.04 bits per heavy atom. The zero-order chi connectivity index (χ0) is 39.5. The molecule has 0 atom stereocenters. The van der Waals surface area contributed by atoms with Gasteiger partial charge in [-0.15, -0.1) is 0 Å². The van der Waals surface area contributed by atoms with Gasteiger partial charge in [0.15, 0.2) is 5.78 Å². The lowest BCUT2D eigenvalue weighted by atomic mass is 9.81. The third-order valence-corrected chi connectivity index (χ3v) is 8.52. The van der Waals surface area contributed by atoms with Crippen LogP contribution < -0.4 is 0 Å². The molecule has 276 valence electrons. The quantitative estimate of drug-likeness (QED) is 0.135. The van der Waals surface area contributed by atoms with Gasteiger partial charge in [0, 0.05) is 5.56 Å².